The lowest BCUT2D eigenvalue weighted by Crippen LogP contribution is -2.47. The van der Waals surface area contributed by atoms with Gasteiger partial charge in [-0.3, -0.25) is 0 Å². The lowest BCUT2D eigenvalue weighted by molar-refractivity contribution is 0.134. The molecule has 0 bridgehead atoms. The highest BCUT2D eigenvalue weighted by Crippen LogP contribution is 2.29. The maximum atomic E-state index is 3.76. The zero-order chi connectivity index (χ0) is 13.7. The number of likely N-dealkylation sites (tertiary alicyclic amines) is 1. The molecule has 2 fully saturated rings. The SMILES string of the molecule is CCNC(CN1CCC(C(C)C)CC1)C1CCCC1. The Hall–Kier alpha value is -0.0800. The zero-order valence-corrected chi connectivity index (χ0v) is 13.3. The molecule has 2 rings (SSSR count). The van der Waals surface area contributed by atoms with Crippen LogP contribution < -0.4 is 5.32 Å². The molecule has 1 atom stereocenters. The van der Waals surface area contributed by atoms with Crippen molar-refractivity contribution in [3.05, 3.63) is 0 Å². The number of hydrogen-bond acceptors (Lipinski definition) is 2. The van der Waals surface area contributed by atoms with E-state index >= 15 is 0 Å². The van der Waals surface area contributed by atoms with E-state index in [-0.39, 0.29) is 0 Å². The van der Waals surface area contributed by atoms with Crippen LogP contribution in [0.25, 0.3) is 0 Å². The fourth-order valence-electron chi connectivity index (χ4n) is 4.08. The summed E-state index contributed by atoms with van der Waals surface area (Å²) in [5.41, 5.74) is 0. The Bertz CT molecular complexity index is 238. The first kappa shape index (κ1) is 15.3. The molecule has 2 heteroatoms. The van der Waals surface area contributed by atoms with E-state index in [2.05, 4.69) is 31.0 Å². The van der Waals surface area contributed by atoms with Gasteiger partial charge in [0.1, 0.15) is 0 Å². The maximum Gasteiger partial charge on any atom is 0.0223 e. The van der Waals surface area contributed by atoms with E-state index in [1.807, 2.05) is 0 Å². The van der Waals surface area contributed by atoms with Gasteiger partial charge < -0.3 is 10.2 Å². The second-order valence-corrected chi connectivity index (χ2v) is 7.09. The van der Waals surface area contributed by atoms with E-state index in [4.69, 9.17) is 0 Å². The monoisotopic (exact) mass is 266 g/mol. The number of nitrogens with one attached hydrogen (secondary N) is 1. The van der Waals surface area contributed by atoms with Crippen LogP contribution in [0.15, 0.2) is 0 Å². The summed E-state index contributed by atoms with van der Waals surface area (Å²) in [6.45, 7) is 12.1. The third-order valence-corrected chi connectivity index (χ3v) is 5.47. The fraction of sp³-hybridized carbons (Fsp3) is 1.00. The summed E-state index contributed by atoms with van der Waals surface area (Å²) >= 11 is 0. The van der Waals surface area contributed by atoms with Gasteiger partial charge in [0, 0.05) is 12.6 Å². The van der Waals surface area contributed by atoms with Gasteiger partial charge >= 0.3 is 0 Å². The van der Waals surface area contributed by atoms with Crippen molar-refractivity contribution >= 4 is 0 Å². The van der Waals surface area contributed by atoms with E-state index in [1.54, 1.807) is 0 Å². The third-order valence-electron chi connectivity index (χ3n) is 5.47. The van der Waals surface area contributed by atoms with Gasteiger partial charge in [0.15, 0.2) is 0 Å². The lowest BCUT2D eigenvalue weighted by atomic mass is 9.86. The number of nitrogens with zero attached hydrogens (tertiary/aromatic N) is 1. The van der Waals surface area contributed by atoms with Gasteiger partial charge in [-0.15, -0.1) is 0 Å². The molecular formula is C17H34N2. The van der Waals surface area contributed by atoms with Crippen molar-refractivity contribution in [2.45, 2.75) is 65.3 Å². The first-order valence-electron chi connectivity index (χ1n) is 8.66. The molecule has 1 N–H and O–H groups in total. The Balaban J connectivity index is 1.78. The molecule has 2 aliphatic rings. The minimum atomic E-state index is 0.753. The summed E-state index contributed by atoms with van der Waals surface area (Å²) in [6, 6.07) is 0.753. The molecular weight excluding hydrogens is 232 g/mol. The smallest absolute Gasteiger partial charge is 0.0223 e. The van der Waals surface area contributed by atoms with Gasteiger partial charge in [-0.1, -0.05) is 33.6 Å². The van der Waals surface area contributed by atoms with Crippen LogP contribution >= 0.6 is 0 Å². The summed E-state index contributed by atoms with van der Waals surface area (Å²) in [5.74, 6) is 2.80. The molecule has 0 spiro atoms. The van der Waals surface area contributed by atoms with Crippen LogP contribution in [0.2, 0.25) is 0 Å². The first-order valence-corrected chi connectivity index (χ1v) is 8.66. The zero-order valence-electron chi connectivity index (χ0n) is 13.3. The Morgan fingerprint density at radius 3 is 2.16 bits per heavy atom. The van der Waals surface area contributed by atoms with E-state index in [0.29, 0.717) is 0 Å². The number of likely N-dealkylation sites (N-methyl/N-ethyl adjacent to an activating group) is 1. The Kier molecular flexibility index (Phi) is 6.15. The van der Waals surface area contributed by atoms with E-state index < -0.39 is 0 Å². The van der Waals surface area contributed by atoms with Crippen LogP contribution in [0.1, 0.15) is 59.3 Å². The van der Waals surface area contributed by atoms with Gasteiger partial charge in [0.25, 0.3) is 0 Å². The van der Waals surface area contributed by atoms with E-state index in [1.165, 1.54) is 58.2 Å². The van der Waals surface area contributed by atoms with Crippen molar-refractivity contribution in [2.24, 2.45) is 17.8 Å². The molecule has 0 aromatic heterocycles. The minimum absolute atomic E-state index is 0.753. The summed E-state index contributed by atoms with van der Waals surface area (Å²) in [5, 5.41) is 3.76. The number of hydrogen-bond donors (Lipinski definition) is 1. The van der Waals surface area contributed by atoms with Gasteiger partial charge in [-0.2, -0.15) is 0 Å². The van der Waals surface area contributed by atoms with Crippen LogP contribution in [-0.4, -0.2) is 37.1 Å². The van der Waals surface area contributed by atoms with Gasteiger partial charge in [-0.05, 0) is 63.1 Å². The predicted octanol–water partition coefficient (Wildman–Crippen LogP) is 3.52. The molecule has 0 aromatic rings. The standard InChI is InChI=1S/C17H34N2/c1-4-18-17(16-7-5-6-8-16)13-19-11-9-15(10-12-19)14(2)3/h14-18H,4-13H2,1-3H3. The molecule has 1 aliphatic carbocycles. The van der Waals surface area contributed by atoms with Crippen molar-refractivity contribution < 1.29 is 0 Å². The predicted molar refractivity (Wildman–Crippen MR) is 83.4 cm³/mol. The Morgan fingerprint density at radius 1 is 1.00 bits per heavy atom. The summed E-state index contributed by atoms with van der Waals surface area (Å²) in [4.78, 5) is 2.73. The second-order valence-electron chi connectivity index (χ2n) is 7.09. The topological polar surface area (TPSA) is 15.3 Å². The van der Waals surface area contributed by atoms with Gasteiger partial charge in [-0.25, -0.2) is 0 Å². The average molecular weight is 266 g/mol. The molecule has 1 saturated carbocycles. The van der Waals surface area contributed by atoms with Crippen LogP contribution in [0.4, 0.5) is 0 Å². The van der Waals surface area contributed by atoms with Crippen molar-refractivity contribution in [3.8, 4) is 0 Å². The Morgan fingerprint density at radius 2 is 1.63 bits per heavy atom. The molecule has 0 aromatic carbocycles. The van der Waals surface area contributed by atoms with Crippen LogP contribution in [0.3, 0.4) is 0 Å². The van der Waals surface area contributed by atoms with Crippen LogP contribution in [0, 0.1) is 17.8 Å². The molecule has 1 saturated heterocycles. The molecule has 2 nitrogen and oxygen atoms in total. The highest BCUT2D eigenvalue weighted by atomic mass is 15.2. The highest BCUT2D eigenvalue weighted by molar-refractivity contribution is 4.85. The number of piperidine rings is 1. The average Bonchev–Trinajstić information content (AvgIpc) is 2.92. The number of rotatable bonds is 6. The summed E-state index contributed by atoms with van der Waals surface area (Å²) in [7, 11) is 0. The van der Waals surface area contributed by atoms with Crippen LogP contribution in [-0.2, 0) is 0 Å². The summed E-state index contributed by atoms with van der Waals surface area (Å²) in [6.07, 6.45) is 8.67. The van der Waals surface area contributed by atoms with E-state index in [0.717, 1.165) is 30.3 Å². The minimum Gasteiger partial charge on any atom is -0.313 e. The molecule has 1 unspecified atom stereocenters. The first-order chi connectivity index (χ1) is 9.20. The van der Waals surface area contributed by atoms with Crippen molar-refractivity contribution in [1.82, 2.24) is 10.2 Å². The van der Waals surface area contributed by atoms with Gasteiger partial charge in [0.05, 0.1) is 0 Å². The Labute approximate surface area is 120 Å². The quantitative estimate of drug-likeness (QED) is 0.791. The van der Waals surface area contributed by atoms with Crippen molar-refractivity contribution in [1.29, 1.82) is 0 Å². The normalized spacial score (nSPS) is 25.3. The third kappa shape index (κ3) is 4.46. The van der Waals surface area contributed by atoms with Crippen LogP contribution in [0.5, 0.6) is 0 Å². The summed E-state index contributed by atoms with van der Waals surface area (Å²) < 4.78 is 0. The highest BCUT2D eigenvalue weighted by Gasteiger charge is 2.28. The maximum absolute atomic E-state index is 3.76. The second kappa shape index (κ2) is 7.64. The molecule has 1 heterocycles. The molecule has 0 amide bonds. The molecule has 112 valence electrons. The largest absolute Gasteiger partial charge is 0.313 e. The lowest BCUT2D eigenvalue weighted by Gasteiger charge is -2.37. The van der Waals surface area contributed by atoms with E-state index in [9.17, 15) is 0 Å². The fourth-order valence-corrected chi connectivity index (χ4v) is 4.08. The molecule has 0 radical (unpaired) electrons. The van der Waals surface area contributed by atoms with Crippen molar-refractivity contribution in [3.63, 3.8) is 0 Å². The van der Waals surface area contributed by atoms with Crippen molar-refractivity contribution in [2.75, 3.05) is 26.2 Å². The molecule has 1 aliphatic heterocycles. The molecule has 19 heavy (non-hydrogen) atoms. The van der Waals surface area contributed by atoms with Gasteiger partial charge in [0.2, 0.25) is 0 Å².